The van der Waals surface area contributed by atoms with Gasteiger partial charge in [-0.05, 0) is 62.8 Å². The lowest BCUT2D eigenvalue weighted by Crippen LogP contribution is -2.31. The SMILES string of the molecule is C[C@@H](CC1CCc2c(c3ccccc3n2CCCCCC(=O)NCO)C1=O)C1CCC(F)(F)CC1. The number of aryl methyl sites for hydroxylation is 1. The van der Waals surface area contributed by atoms with Gasteiger partial charge in [-0.1, -0.05) is 31.5 Å². The van der Waals surface area contributed by atoms with Crippen LogP contribution < -0.4 is 5.32 Å². The zero-order chi connectivity index (χ0) is 25.0. The summed E-state index contributed by atoms with van der Waals surface area (Å²) >= 11 is 0. The van der Waals surface area contributed by atoms with Crippen molar-refractivity contribution in [3.8, 4) is 0 Å². The number of para-hydroxylation sites is 1. The van der Waals surface area contributed by atoms with Gasteiger partial charge in [0.25, 0.3) is 0 Å². The van der Waals surface area contributed by atoms with Crippen LogP contribution in [0.1, 0.15) is 87.2 Å². The minimum atomic E-state index is -2.51. The molecule has 2 aliphatic rings. The molecule has 5 nitrogen and oxygen atoms in total. The van der Waals surface area contributed by atoms with E-state index in [1.165, 1.54) is 0 Å². The molecular formula is C28H38F2N2O3. The van der Waals surface area contributed by atoms with Crippen LogP contribution in [0.2, 0.25) is 0 Å². The topological polar surface area (TPSA) is 71.3 Å². The van der Waals surface area contributed by atoms with Gasteiger partial charge in [-0.2, -0.15) is 0 Å². The van der Waals surface area contributed by atoms with E-state index in [4.69, 9.17) is 5.11 Å². The normalized spacial score (nSPS) is 21.1. The molecule has 7 heteroatoms. The highest BCUT2D eigenvalue weighted by molar-refractivity contribution is 6.11. The third-order valence-electron chi connectivity index (χ3n) is 8.21. The molecule has 1 unspecified atom stereocenters. The van der Waals surface area contributed by atoms with Crippen molar-refractivity contribution in [2.75, 3.05) is 6.73 Å². The van der Waals surface area contributed by atoms with Crippen LogP contribution in [0, 0.1) is 17.8 Å². The van der Waals surface area contributed by atoms with Crippen LogP contribution in [0.3, 0.4) is 0 Å². The Hall–Kier alpha value is -2.28. The van der Waals surface area contributed by atoms with Crippen molar-refractivity contribution in [1.82, 2.24) is 9.88 Å². The Labute approximate surface area is 206 Å². The van der Waals surface area contributed by atoms with Gasteiger partial charge in [-0.3, -0.25) is 9.59 Å². The molecule has 1 amide bonds. The Morgan fingerprint density at radius 2 is 1.91 bits per heavy atom. The van der Waals surface area contributed by atoms with Crippen LogP contribution in [0.4, 0.5) is 8.78 Å². The van der Waals surface area contributed by atoms with E-state index in [1.54, 1.807) is 0 Å². The Morgan fingerprint density at radius 1 is 1.17 bits per heavy atom. The number of amides is 1. The van der Waals surface area contributed by atoms with Gasteiger partial charge in [-0.25, -0.2) is 8.78 Å². The molecule has 2 atom stereocenters. The third-order valence-corrected chi connectivity index (χ3v) is 8.21. The average molecular weight is 489 g/mol. The van der Waals surface area contributed by atoms with Crippen LogP contribution in [0.5, 0.6) is 0 Å². The lowest BCUT2D eigenvalue weighted by molar-refractivity contribution is -0.122. The maximum Gasteiger partial charge on any atom is 0.248 e. The number of carbonyl (C=O) groups excluding carboxylic acids is 2. The molecule has 35 heavy (non-hydrogen) atoms. The Balaban J connectivity index is 1.42. The molecule has 4 rings (SSSR count). The summed E-state index contributed by atoms with van der Waals surface area (Å²) in [6, 6.07) is 8.10. The number of aliphatic hydroxyl groups is 1. The summed E-state index contributed by atoms with van der Waals surface area (Å²) in [4.78, 5) is 25.2. The number of fused-ring (bicyclic) bond motifs is 3. The number of rotatable bonds is 10. The van der Waals surface area contributed by atoms with Crippen LogP contribution in [-0.4, -0.2) is 34.0 Å². The Bertz CT molecular complexity index is 1040. The molecule has 1 fully saturated rings. The van der Waals surface area contributed by atoms with E-state index in [0.717, 1.165) is 67.2 Å². The number of benzene rings is 1. The summed E-state index contributed by atoms with van der Waals surface area (Å²) in [5.41, 5.74) is 3.07. The first kappa shape index (κ1) is 25.8. The third kappa shape index (κ3) is 5.93. The number of nitrogens with zero attached hydrogens (tertiary/aromatic N) is 1. The summed E-state index contributed by atoms with van der Waals surface area (Å²) < 4.78 is 29.5. The molecule has 2 aromatic rings. The fourth-order valence-corrected chi connectivity index (χ4v) is 6.20. The molecular weight excluding hydrogens is 450 g/mol. The second kappa shape index (κ2) is 11.2. The van der Waals surface area contributed by atoms with Gasteiger partial charge >= 0.3 is 0 Å². The molecule has 2 aliphatic carbocycles. The van der Waals surface area contributed by atoms with Crippen molar-refractivity contribution in [3.63, 3.8) is 0 Å². The van der Waals surface area contributed by atoms with Crippen molar-refractivity contribution in [2.45, 2.75) is 90.0 Å². The van der Waals surface area contributed by atoms with E-state index >= 15 is 0 Å². The number of halogens is 2. The molecule has 1 aromatic heterocycles. The lowest BCUT2D eigenvalue weighted by atomic mass is 9.73. The van der Waals surface area contributed by atoms with Crippen molar-refractivity contribution in [1.29, 1.82) is 0 Å². The number of unbranched alkanes of at least 4 members (excludes halogenated alkanes) is 2. The zero-order valence-electron chi connectivity index (χ0n) is 20.7. The number of aromatic nitrogens is 1. The summed E-state index contributed by atoms with van der Waals surface area (Å²) in [6.07, 6.45) is 6.50. The summed E-state index contributed by atoms with van der Waals surface area (Å²) in [5, 5.41) is 12.2. The number of nitrogens with one attached hydrogen (secondary N) is 1. The lowest BCUT2D eigenvalue weighted by Gasteiger charge is -2.34. The molecule has 1 aromatic carbocycles. The summed E-state index contributed by atoms with van der Waals surface area (Å²) in [6.45, 7) is 2.62. The number of carbonyl (C=O) groups is 2. The van der Waals surface area contributed by atoms with Gasteiger partial charge in [0.15, 0.2) is 5.78 Å². The standard InChI is InChI=1S/C28H38F2N2O3/c1-19(20-12-14-28(29,30)15-13-20)17-21-10-11-24-26(27(21)35)22-7-4-5-8-23(22)32(24)16-6-2-3-9-25(34)31-18-33/h4-5,7-8,19-21,33H,2-3,6,9-18H2,1H3,(H,31,34)/t19-,21?/m0/s1. The minimum Gasteiger partial charge on any atom is -0.377 e. The highest BCUT2D eigenvalue weighted by atomic mass is 19.3. The van der Waals surface area contributed by atoms with E-state index in [-0.39, 0.29) is 49.0 Å². The first-order valence-corrected chi connectivity index (χ1v) is 13.2. The first-order valence-electron chi connectivity index (χ1n) is 13.2. The minimum absolute atomic E-state index is 0.0234. The van der Waals surface area contributed by atoms with Gasteiger partial charge in [-0.15, -0.1) is 0 Å². The molecule has 2 N–H and O–H groups in total. The van der Waals surface area contributed by atoms with Gasteiger partial charge in [0.2, 0.25) is 11.8 Å². The monoisotopic (exact) mass is 488 g/mol. The van der Waals surface area contributed by atoms with Crippen LogP contribution in [-0.2, 0) is 17.8 Å². The molecule has 1 heterocycles. The molecule has 0 radical (unpaired) electrons. The van der Waals surface area contributed by atoms with Crippen molar-refractivity contribution < 1.29 is 23.5 Å². The van der Waals surface area contributed by atoms with Crippen molar-refractivity contribution in [3.05, 3.63) is 35.5 Å². The Kier molecular flexibility index (Phi) is 8.25. The van der Waals surface area contributed by atoms with E-state index in [2.05, 4.69) is 22.9 Å². The summed E-state index contributed by atoms with van der Waals surface area (Å²) in [7, 11) is 0. The van der Waals surface area contributed by atoms with Crippen LogP contribution in [0.25, 0.3) is 10.9 Å². The highest BCUT2D eigenvalue weighted by Gasteiger charge is 2.39. The van der Waals surface area contributed by atoms with E-state index in [9.17, 15) is 18.4 Å². The number of Topliss-reactive ketones (excluding diaryl/α,β-unsaturated/α-hetero) is 1. The number of hydrogen-bond donors (Lipinski definition) is 2. The van der Waals surface area contributed by atoms with E-state index < -0.39 is 5.92 Å². The molecule has 0 spiro atoms. The van der Waals surface area contributed by atoms with E-state index in [0.29, 0.717) is 19.3 Å². The van der Waals surface area contributed by atoms with Crippen LogP contribution in [0.15, 0.2) is 24.3 Å². The molecule has 0 aliphatic heterocycles. The van der Waals surface area contributed by atoms with Crippen molar-refractivity contribution in [2.24, 2.45) is 17.8 Å². The quantitative estimate of drug-likeness (QED) is 0.325. The number of ketones is 1. The first-order chi connectivity index (χ1) is 16.8. The Morgan fingerprint density at radius 3 is 2.66 bits per heavy atom. The summed E-state index contributed by atoms with van der Waals surface area (Å²) in [5.74, 6) is -1.91. The van der Waals surface area contributed by atoms with E-state index in [1.807, 2.05) is 18.2 Å². The van der Waals surface area contributed by atoms with Crippen molar-refractivity contribution >= 4 is 22.6 Å². The maximum atomic E-state index is 13.7. The predicted octanol–water partition coefficient (Wildman–Crippen LogP) is 5.86. The van der Waals surface area contributed by atoms with Gasteiger partial charge < -0.3 is 15.0 Å². The van der Waals surface area contributed by atoms with Gasteiger partial charge in [0.05, 0.1) is 0 Å². The zero-order valence-corrected chi connectivity index (χ0v) is 20.7. The predicted molar refractivity (Wildman–Crippen MR) is 132 cm³/mol. The molecule has 192 valence electrons. The maximum absolute atomic E-state index is 13.7. The van der Waals surface area contributed by atoms with Crippen LogP contribution >= 0.6 is 0 Å². The fourth-order valence-electron chi connectivity index (χ4n) is 6.20. The smallest absolute Gasteiger partial charge is 0.248 e. The molecule has 0 bridgehead atoms. The molecule has 0 saturated heterocycles. The molecule has 1 saturated carbocycles. The number of alkyl halides is 2. The number of aliphatic hydroxyl groups excluding tert-OH is 1. The number of hydrogen-bond acceptors (Lipinski definition) is 3. The fraction of sp³-hybridized carbons (Fsp3) is 0.643. The second-order valence-corrected chi connectivity index (χ2v) is 10.6. The average Bonchev–Trinajstić information content (AvgIpc) is 3.15. The largest absolute Gasteiger partial charge is 0.377 e. The van der Waals surface area contributed by atoms with Gasteiger partial charge in [0, 0.05) is 53.9 Å². The second-order valence-electron chi connectivity index (χ2n) is 10.6. The highest BCUT2D eigenvalue weighted by Crippen LogP contribution is 2.43. The van der Waals surface area contributed by atoms with Gasteiger partial charge in [0.1, 0.15) is 6.73 Å².